The summed E-state index contributed by atoms with van der Waals surface area (Å²) in [6.45, 7) is 2.12. The molecule has 0 aromatic heterocycles. The lowest BCUT2D eigenvalue weighted by Gasteiger charge is -2.13. The van der Waals surface area contributed by atoms with Crippen molar-refractivity contribution in [2.24, 2.45) is 11.8 Å². The van der Waals surface area contributed by atoms with Crippen LogP contribution in [0, 0.1) is 23.7 Å². The van der Waals surface area contributed by atoms with Crippen LogP contribution in [-0.2, 0) is 4.74 Å². The molecule has 1 aliphatic heterocycles. The molecule has 4 nitrogen and oxygen atoms in total. The van der Waals surface area contributed by atoms with Crippen LogP contribution in [0.5, 0.6) is 0 Å². The van der Waals surface area contributed by atoms with E-state index in [1.165, 1.54) is 0 Å². The molecular weight excluding hydrogens is 244 g/mol. The van der Waals surface area contributed by atoms with Gasteiger partial charge in [0.05, 0.1) is 18.1 Å². The first-order valence-electron chi connectivity index (χ1n) is 7.32. The Morgan fingerprint density at radius 3 is 2.79 bits per heavy atom. The van der Waals surface area contributed by atoms with Crippen LogP contribution >= 0.6 is 0 Å². The van der Waals surface area contributed by atoms with Gasteiger partial charge in [0.25, 0.3) is 0 Å². The molecule has 19 heavy (non-hydrogen) atoms. The molecule has 0 bridgehead atoms. The molecule has 0 aromatic carbocycles. The second kappa shape index (κ2) is 6.71. The fourth-order valence-corrected chi connectivity index (χ4v) is 3.08. The first-order chi connectivity index (χ1) is 9.11. The molecule has 1 heterocycles. The molecule has 1 aliphatic carbocycles. The summed E-state index contributed by atoms with van der Waals surface area (Å²) in [5.41, 5.74) is 0. The summed E-state index contributed by atoms with van der Waals surface area (Å²) in [6, 6.07) is 0. The van der Waals surface area contributed by atoms with Crippen LogP contribution in [-0.4, -0.2) is 39.9 Å². The summed E-state index contributed by atoms with van der Waals surface area (Å²) in [7, 11) is 0. The number of aliphatic hydroxyl groups is 3. The van der Waals surface area contributed by atoms with Gasteiger partial charge in [-0.1, -0.05) is 31.6 Å². The van der Waals surface area contributed by atoms with Crippen molar-refractivity contribution < 1.29 is 20.1 Å². The highest BCUT2D eigenvalue weighted by Crippen LogP contribution is 2.42. The van der Waals surface area contributed by atoms with E-state index >= 15 is 0 Å². The Labute approximate surface area is 114 Å². The molecular formula is C15H24O4. The van der Waals surface area contributed by atoms with Gasteiger partial charge in [-0.2, -0.15) is 0 Å². The molecule has 2 fully saturated rings. The lowest BCUT2D eigenvalue weighted by molar-refractivity contribution is -0.0949. The average molecular weight is 268 g/mol. The first kappa shape index (κ1) is 14.8. The molecule has 0 unspecified atom stereocenters. The van der Waals surface area contributed by atoms with Crippen LogP contribution in [0.25, 0.3) is 0 Å². The van der Waals surface area contributed by atoms with Crippen molar-refractivity contribution in [3.8, 4) is 11.8 Å². The van der Waals surface area contributed by atoms with Gasteiger partial charge in [-0.3, -0.25) is 0 Å². The van der Waals surface area contributed by atoms with E-state index in [4.69, 9.17) is 4.74 Å². The quantitative estimate of drug-likeness (QED) is 0.526. The third-order valence-electron chi connectivity index (χ3n) is 4.13. The van der Waals surface area contributed by atoms with Gasteiger partial charge in [0.2, 0.25) is 0 Å². The lowest BCUT2D eigenvalue weighted by Crippen LogP contribution is -2.19. The van der Waals surface area contributed by atoms with E-state index in [1.807, 2.05) is 0 Å². The highest BCUT2D eigenvalue weighted by molar-refractivity contribution is 5.15. The predicted molar refractivity (Wildman–Crippen MR) is 71.0 cm³/mol. The van der Waals surface area contributed by atoms with Crippen molar-refractivity contribution in [2.45, 2.75) is 70.1 Å². The van der Waals surface area contributed by atoms with E-state index in [1.54, 1.807) is 0 Å². The third kappa shape index (κ3) is 3.70. The first-order valence-corrected chi connectivity index (χ1v) is 7.32. The average Bonchev–Trinajstić information content (AvgIpc) is 2.82. The zero-order valence-corrected chi connectivity index (χ0v) is 11.5. The maximum atomic E-state index is 9.96. The van der Waals surface area contributed by atoms with E-state index in [0.29, 0.717) is 19.3 Å². The number of ether oxygens (including phenoxy) is 1. The van der Waals surface area contributed by atoms with Crippen LogP contribution in [0.15, 0.2) is 0 Å². The lowest BCUT2D eigenvalue weighted by atomic mass is 9.92. The minimum Gasteiger partial charge on any atom is -0.392 e. The Hall–Kier alpha value is -0.600. The number of hydrogen-bond acceptors (Lipinski definition) is 4. The van der Waals surface area contributed by atoms with E-state index in [9.17, 15) is 15.3 Å². The van der Waals surface area contributed by atoms with Crippen molar-refractivity contribution in [2.75, 3.05) is 0 Å². The molecule has 2 aliphatic rings. The Balaban J connectivity index is 1.87. The largest absolute Gasteiger partial charge is 0.392 e. The van der Waals surface area contributed by atoms with Crippen LogP contribution in [0.4, 0.5) is 0 Å². The summed E-state index contributed by atoms with van der Waals surface area (Å²) in [5, 5.41) is 29.2. The van der Waals surface area contributed by atoms with Gasteiger partial charge in [-0.15, -0.1) is 0 Å². The SMILES string of the molecule is CCCCC[C@H](O)C#C[C@H]1[C@H]2C[C@@H](O)O[C@H]2C[C@H]1O. The van der Waals surface area contributed by atoms with Crippen LogP contribution < -0.4 is 0 Å². The highest BCUT2D eigenvalue weighted by Gasteiger charge is 2.48. The van der Waals surface area contributed by atoms with Crippen molar-refractivity contribution in [1.29, 1.82) is 0 Å². The second-order valence-corrected chi connectivity index (χ2v) is 5.66. The van der Waals surface area contributed by atoms with Gasteiger partial charge in [-0.05, 0) is 12.8 Å². The van der Waals surface area contributed by atoms with E-state index in [2.05, 4.69) is 18.8 Å². The monoisotopic (exact) mass is 268 g/mol. The minimum absolute atomic E-state index is 0.0819. The predicted octanol–water partition coefficient (Wildman–Crippen LogP) is 1.04. The summed E-state index contributed by atoms with van der Waals surface area (Å²) in [4.78, 5) is 0. The maximum absolute atomic E-state index is 9.96. The molecule has 1 saturated carbocycles. The fraction of sp³-hybridized carbons (Fsp3) is 0.867. The Kier molecular flexibility index (Phi) is 5.23. The summed E-state index contributed by atoms with van der Waals surface area (Å²) in [6.07, 6.45) is 3.06. The van der Waals surface area contributed by atoms with Gasteiger partial charge in [0.1, 0.15) is 6.10 Å². The summed E-state index contributed by atoms with van der Waals surface area (Å²) < 4.78 is 5.34. The standard InChI is InChI=1S/C15H24O4/c1-2-3-4-5-10(16)6-7-11-12-8-15(18)19-14(12)9-13(11)17/h10-18H,2-5,8-9H2,1H3/t10-,11-,12+,13+,14-,15-/m0/s1. The molecule has 0 amide bonds. The molecule has 4 heteroatoms. The molecule has 2 rings (SSSR count). The Morgan fingerprint density at radius 2 is 2.05 bits per heavy atom. The number of hydrogen-bond donors (Lipinski definition) is 3. The summed E-state index contributed by atoms with van der Waals surface area (Å²) in [5.74, 6) is 5.78. The fourth-order valence-electron chi connectivity index (χ4n) is 3.08. The molecule has 1 saturated heterocycles. The van der Waals surface area contributed by atoms with Gasteiger partial charge in [-0.25, -0.2) is 0 Å². The zero-order chi connectivity index (χ0) is 13.8. The second-order valence-electron chi connectivity index (χ2n) is 5.66. The molecule has 0 aromatic rings. The number of rotatable bonds is 4. The Bertz CT molecular complexity index is 346. The van der Waals surface area contributed by atoms with Crippen LogP contribution in [0.3, 0.4) is 0 Å². The summed E-state index contributed by atoms with van der Waals surface area (Å²) >= 11 is 0. The van der Waals surface area contributed by atoms with E-state index in [0.717, 1.165) is 19.3 Å². The molecule has 6 atom stereocenters. The van der Waals surface area contributed by atoms with E-state index in [-0.39, 0.29) is 17.9 Å². The molecule has 108 valence electrons. The van der Waals surface area contributed by atoms with Crippen molar-refractivity contribution >= 4 is 0 Å². The normalized spacial score (nSPS) is 38.6. The van der Waals surface area contributed by atoms with Gasteiger partial charge in [0, 0.05) is 18.8 Å². The van der Waals surface area contributed by atoms with Crippen molar-refractivity contribution in [3.05, 3.63) is 0 Å². The van der Waals surface area contributed by atoms with E-state index < -0.39 is 18.5 Å². The molecule has 3 N–H and O–H groups in total. The number of unbranched alkanes of at least 4 members (excludes halogenated alkanes) is 2. The number of aliphatic hydroxyl groups excluding tert-OH is 3. The minimum atomic E-state index is -0.721. The smallest absolute Gasteiger partial charge is 0.155 e. The van der Waals surface area contributed by atoms with Crippen molar-refractivity contribution in [1.82, 2.24) is 0 Å². The third-order valence-corrected chi connectivity index (χ3v) is 4.13. The topological polar surface area (TPSA) is 69.9 Å². The van der Waals surface area contributed by atoms with Crippen LogP contribution in [0.2, 0.25) is 0 Å². The van der Waals surface area contributed by atoms with Crippen molar-refractivity contribution in [3.63, 3.8) is 0 Å². The van der Waals surface area contributed by atoms with Crippen LogP contribution in [0.1, 0.15) is 45.4 Å². The molecule has 0 spiro atoms. The Morgan fingerprint density at radius 1 is 1.26 bits per heavy atom. The maximum Gasteiger partial charge on any atom is 0.155 e. The molecule has 0 radical (unpaired) electrons. The van der Waals surface area contributed by atoms with Gasteiger partial charge in [0.15, 0.2) is 6.29 Å². The van der Waals surface area contributed by atoms with Gasteiger partial charge < -0.3 is 20.1 Å². The highest BCUT2D eigenvalue weighted by atomic mass is 16.6. The zero-order valence-electron chi connectivity index (χ0n) is 11.5. The van der Waals surface area contributed by atoms with Gasteiger partial charge >= 0.3 is 0 Å². The number of fused-ring (bicyclic) bond motifs is 1.